The number of fused-ring (bicyclic) bond motifs is 18. The van der Waals surface area contributed by atoms with E-state index in [0.717, 1.165) is 0 Å². The molecule has 4 amide bonds. The van der Waals surface area contributed by atoms with Gasteiger partial charge in [0, 0.05) is 55.0 Å². The number of carbonyl (C=O) groups is 6. The van der Waals surface area contributed by atoms with Crippen LogP contribution in [0.1, 0.15) is 64.4 Å². The normalized spacial score (nSPS) is 20.4. The zero-order chi connectivity index (χ0) is 47.4. The van der Waals surface area contributed by atoms with Gasteiger partial charge in [-0.3, -0.25) is 43.7 Å². The molecule has 2 heterocycles. The fraction of sp³-hybridized carbons (Fsp3) is 0.605. The number of rotatable bonds is 17. The molecule has 25 heteroatoms. The monoisotopic (exact) mass is 930 g/mol. The Labute approximate surface area is 372 Å². The van der Waals surface area contributed by atoms with E-state index < -0.39 is 111 Å². The number of amides is 4. The molecule has 17 N–H and O–H groups in total. The minimum Gasteiger partial charge on any atom is -0.370 e. The number of carbonyl (C=O) groups excluding carboxylic acids is 6. The Balaban J connectivity index is 2.77. The summed E-state index contributed by atoms with van der Waals surface area (Å²) in [5.74, 6) is -11.3. The van der Waals surface area contributed by atoms with Crippen molar-refractivity contribution in [2.75, 3.05) is 44.7 Å². The van der Waals surface area contributed by atoms with Crippen molar-refractivity contribution in [1.29, 1.82) is 0 Å². The number of hydrogen-bond donors (Lipinski definition) is 11. The summed E-state index contributed by atoms with van der Waals surface area (Å²) >= 11 is 1.08. The van der Waals surface area contributed by atoms with E-state index in [2.05, 4.69) is 41.6 Å². The third kappa shape index (κ3) is 18.1. The molecule has 3 rings (SSSR count). The molecular formula is C38H61F3N14O6S2. The molecule has 0 aliphatic carbocycles. The van der Waals surface area contributed by atoms with Gasteiger partial charge in [0.2, 0.25) is 23.6 Å². The van der Waals surface area contributed by atoms with Crippen LogP contribution < -0.4 is 61.0 Å². The van der Waals surface area contributed by atoms with Crippen LogP contribution in [0.4, 0.5) is 13.2 Å². The summed E-state index contributed by atoms with van der Waals surface area (Å²) in [4.78, 5) is 92.7. The summed E-state index contributed by atoms with van der Waals surface area (Å²) in [5.41, 5.74) is 32.5. The lowest BCUT2D eigenvalue weighted by atomic mass is 9.93. The number of thioether (sulfide) groups is 2. The molecule has 0 aromatic heterocycles. The lowest BCUT2D eigenvalue weighted by Gasteiger charge is -2.26. The van der Waals surface area contributed by atoms with Crippen LogP contribution in [0.5, 0.6) is 0 Å². The Morgan fingerprint density at radius 2 is 1.19 bits per heavy atom. The molecular weight excluding hydrogens is 870 g/mol. The molecule has 20 nitrogen and oxygen atoms in total. The average Bonchev–Trinajstić information content (AvgIpc) is 3.22. The minimum absolute atomic E-state index is 0.0187. The highest BCUT2D eigenvalue weighted by Crippen LogP contribution is 2.37. The second-order valence-electron chi connectivity index (χ2n) is 14.9. The number of Topliss-reactive ketones (excluding diaryl/α,β-unsaturated/α-hetero) is 2. The molecule has 1 aromatic rings. The highest BCUT2D eigenvalue weighted by molar-refractivity contribution is 7.99. The fourth-order valence-corrected chi connectivity index (χ4v) is 8.29. The molecule has 0 spiro atoms. The Morgan fingerprint density at radius 1 is 0.714 bits per heavy atom. The third-order valence-corrected chi connectivity index (χ3v) is 12.1. The van der Waals surface area contributed by atoms with E-state index in [1.54, 1.807) is 13.8 Å². The molecule has 5 unspecified atom stereocenters. The van der Waals surface area contributed by atoms with Crippen LogP contribution in [-0.4, -0.2) is 122 Å². The molecule has 0 radical (unpaired) electrons. The molecule has 5 atom stereocenters. The van der Waals surface area contributed by atoms with E-state index in [4.69, 9.17) is 34.4 Å². The SMILES string of the molecule is CNC1CSc2c(F)c(C)c(c(F)c2F)SCC(C(=O)NCC(=O)C(C)C)NC(=O)C(CCCN=C(N)N)NC(=O)C(CCCN=C(N)N)NC(=O)C(CCCN=C(N)N)CC1=O. The lowest BCUT2D eigenvalue weighted by Crippen LogP contribution is -2.58. The number of aliphatic imine (C=N–C) groups is 3. The van der Waals surface area contributed by atoms with Crippen LogP contribution in [-0.2, 0) is 28.8 Å². The molecule has 0 saturated heterocycles. The summed E-state index contributed by atoms with van der Waals surface area (Å²) in [6.45, 7) is 4.17. The van der Waals surface area contributed by atoms with Gasteiger partial charge in [-0.2, -0.15) is 0 Å². The second-order valence-corrected chi connectivity index (χ2v) is 17.0. The molecule has 0 saturated carbocycles. The van der Waals surface area contributed by atoms with Crippen molar-refractivity contribution in [3.63, 3.8) is 0 Å². The lowest BCUT2D eigenvalue weighted by molar-refractivity contribution is -0.135. The van der Waals surface area contributed by atoms with E-state index >= 15 is 13.2 Å². The van der Waals surface area contributed by atoms with Crippen LogP contribution in [0.25, 0.3) is 0 Å². The van der Waals surface area contributed by atoms with Gasteiger partial charge in [-0.15, -0.1) is 23.5 Å². The quantitative estimate of drug-likeness (QED) is 0.0285. The molecule has 352 valence electrons. The van der Waals surface area contributed by atoms with Gasteiger partial charge < -0.3 is 61.0 Å². The first kappa shape index (κ1) is 53.8. The Hall–Kier alpha value is -5.30. The maximum absolute atomic E-state index is 15.9. The fourth-order valence-electron chi connectivity index (χ4n) is 6.02. The van der Waals surface area contributed by atoms with Crippen molar-refractivity contribution >= 4 is 76.6 Å². The summed E-state index contributed by atoms with van der Waals surface area (Å²) in [5, 5.41) is 13.1. The topological polar surface area (TPSA) is 356 Å². The molecule has 1 aromatic carbocycles. The van der Waals surface area contributed by atoms with Crippen LogP contribution in [0.2, 0.25) is 0 Å². The number of nitrogens with zero attached hydrogens (tertiary/aromatic N) is 3. The largest absolute Gasteiger partial charge is 0.370 e. The van der Waals surface area contributed by atoms with E-state index in [-0.39, 0.29) is 93.1 Å². The van der Waals surface area contributed by atoms with Crippen molar-refractivity contribution in [3.8, 4) is 0 Å². The number of hydrogen-bond acceptors (Lipinski definition) is 12. The molecule has 2 bridgehead atoms. The van der Waals surface area contributed by atoms with Gasteiger partial charge in [-0.25, -0.2) is 13.2 Å². The van der Waals surface area contributed by atoms with E-state index in [9.17, 15) is 28.8 Å². The van der Waals surface area contributed by atoms with E-state index in [1.807, 2.05) is 0 Å². The van der Waals surface area contributed by atoms with E-state index in [1.165, 1.54) is 14.0 Å². The highest BCUT2D eigenvalue weighted by Gasteiger charge is 2.34. The predicted molar refractivity (Wildman–Crippen MR) is 237 cm³/mol. The zero-order valence-corrected chi connectivity index (χ0v) is 37.5. The highest BCUT2D eigenvalue weighted by atomic mass is 32.2. The van der Waals surface area contributed by atoms with Crippen molar-refractivity contribution < 1.29 is 41.9 Å². The number of likely N-dealkylation sites (N-methyl/N-ethyl adjacent to an activating group) is 1. The first-order chi connectivity index (χ1) is 29.7. The Bertz CT molecular complexity index is 1850. The van der Waals surface area contributed by atoms with Crippen molar-refractivity contribution in [1.82, 2.24) is 26.6 Å². The Kier molecular flexibility index (Phi) is 23.1. The number of guanidine groups is 3. The minimum atomic E-state index is -1.55. The van der Waals surface area contributed by atoms with Crippen LogP contribution in [0, 0.1) is 36.2 Å². The molecule has 2 aliphatic rings. The first-order valence-electron chi connectivity index (χ1n) is 20.2. The molecule has 2 aliphatic heterocycles. The standard InChI is InChI=1S/C38H61F3N14O6S2/c1-18(2)26(57)15-52-33(59)24-17-62-30-19(3)27(39)31(29(41)28(30)40)63-16-23(48-4)25(56)14-20(8-5-11-49-36(42)43)32(58)53-21(9-6-12-50-37(44)45)34(60)54-22(35(61)55-24)10-7-13-51-38(46)47/h18,20-24,48H,5-17H2,1-4H3,(H,52,59)(H,53,58)(H,54,60)(H,55,61)(H4,42,43,49)(H4,44,45,50)(H4,46,47,51). The summed E-state index contributed by atoms with van der Waals surface area (Å²) < 4.78 is 47.4. The van der Waals surface area contributed by atoms with Gasteiger partial charge in [0.25, 0.3) is 0 Å². The van der Waals surface area contributed by atoms with Crippen molar-refractivity contribution in [3.05, 3.63) is 23.0 Å². The Morgan fingerprint density at radius 3 is 1.70 bits per heavy atom. The maximum Gasteiger partial charge on any atom is 0.243 e. The van der Waals surface area contributed by atoms with E-state index in [0.29, 0.717) is 23.5 Å². The zero-order valence-electron chi connectivity index (χ0n) is 35.9. The number of nitrogens with one attached hydrogen (secondary N) is 5. The third-order valence-electron chi connectivity index (χ3n) is 9.68. The van der Waals surface area contributed by atoms with Crippen LogP contribution >= 0.6 is 23.5 Å². The van der Waals surface area contributed by atoms with Gasteiger partial charge in [-0.05, 0) is 52.5 Å². The van der Waals surface area contributed by atoms with Gasteiger partial charge in [0.1, 0.15) is 23.9 Å². The maximum atomic E-state index is 15.9. The van der Waals surface area contributed by atoms with Gasteiger partial charge in [0.15, 0.2) is 41.1 Å². The number of halogens is 3. The van der Waals surface area contributed by atoms with Crippen molar-refractivity contribution in [2.24, 2.45) is 61.2 Å². The number of nitrogens with two attached hydrogens (primary N) is 6. The molecule has 63 heavy (non-hydrogen) atoms. The number of benzene rings is 1. The first-order valence-corrected chi connectivity index (χ1v) is 22.2. The smallest absolute Gasteiger partial charge is 0.243 e. The predicted octanol–water partition coefficient (Wildman–Crippen LogP) is -1.27. The van der Waals surface area contributed by atoms with Gasteiger partial charge in [-0.1, -0.05) is 13.8 Å². The summed E-state index contributed by atoms with van der Waals surface area (Å²) in [6.07, 6.45) is -0.0121. The van der Waals surface area contributed by atoms with Gasteiger partial charge >= 0.3 is 0 Å². The van der Waals surface area contributed by atoms with Gasteiger partial charge in [0.05, 0.1) is 22.4 Å². The summed E-state index contributed by atoms with van der Waals surface area (Å²) in [6, 6.07) is -5.38. The summed E-state index contributed by atoms with van der Waals surface area (Å²) in [7, 11) is 1.43. The van der Waals surface area contributed by atoms with Crippen LogP contribution in [0.3, 0.4) is 0 Å². The second kappa shape index (κ2) is 27.0. The molecule has 0 fully saturated rings. The number of ketones is 2. The van der Waals surface area contributed by atoms with Crippen LogP contribution in [0.15, 0.2) is 24.8 Å². The van der Waals surface area contributed by atoms with Crippen molar-refractivity contribution in [2.45, 2.75) is 99.7 Å². The average molecular weight is 931 g/mol.